The topological polar surface area (TPSA) is 40.9 Å². The van der Waals surface area contributed by atoms with E-state index >= 15 is 0 Å². The molecule has 0 fully saturated rings. The minimum absolute atomic E-state index is 0.586. The standard InChI is InChI=1S/C15H9NOS/c16-9-14-12-6-2-1-5-11(12)10-18(17)15-8-4-3-7-13(14)15/h1-8,10H. The quantitative estimate of drug-likeness (QED) is 0.707. The van der Waals surface area contributed by atoms with Gasteiger partial charge in [-0.15, -0.1) is 0 Å². The molecule has 3 heteroatoms. The Labute approximate surface area is 107 Å². The normalized spacial score (nSPS) is 16.8. The maximum atomic E-state index is 12.3. The van der Waals surface area contributed by atoms with Crippen LogP contribution in [0.1, 0.15) is 5.56 Å². The van der Waals surface area contributed by atoms with Crippen molar-refractivity contribution in [3.8, 4) is 6.07 Å². The molecule has 2 aromatic rings. The molecule has 2 aromatic carbocycles. The van der Waals surface area contributed by atoms with E-state index in [9.17, 15) is 9.47 Å². The van der Waals surface area contributed by atoms with Gasteiger partial charge in [0.15, 0.2) is 0 Å². The Kier molecular flexibility index (Phi) is 2.58. The first-order chi connectivity index (χ1) is 8.81. The van der Waals surface area contributed by atoms with Gasteiger partial charge < -0.3 is 0 Å². The number of nitrogens with zero attached hydrogens (tertiary/aromatic N) is 1. The molecule has 1 aliphatic heterocycles. The molecule has 0 N–H and O–H groups in total. The Bertz CT molecular complexity index is 815. The highest BCUT2D eigenvalue weighted by atomic mass is 32.2. The van der Waals surface area contributed by atoms with Crippen molar-refractivity contribution in [1.29, 1.82) is 5.26 Å². The van der Waals surface area contributed by atoms with Crippen LogP contribution in [0.3, 0.4) is 0 Å². The first kappa shape index (κ1) is 10.9. The smallest absolute Gasteiger partial charge is 0.100 e. The van der Waals surface area contributed by atoms with Gasteiger partial charge >= 0.3 is 0 Å². The predicted molar refractivity (Wildman–Crippen MR) is 71.1 cm³/mol. The van der Waals surface area contributed by atoms with Crippen LogP contribution in [0.15, 0.2) is 53.4 Å². The molecule has 0 aliphatic carbocycles. The summed E-state index contributed by atoms with van der Waals surface area (Å²) in [4.78, 5) is 0.699. The summed E-state index contributed by atoms with van der Waals surface area (Å²) in [6, 6.07) is 17.2. The maximum absolute atomic E-state index is 12.3. The van der Waals surface area contributed by atoms with Crippen LogP contribution in [0, 0.1) is 11.3 Å². The van der Waals surface area contributed by atoms with Crippen molar-refractivity contribution in [1.82, 2.24) is 0 Å². The number of nitriles is 1. The van der Waals surface area contributed by atoms with Crippen LogP contribution in [-0.2, 0) is 10.8 Å². The lowest BCUT2D eigenvalue weighted by Gasteiger charge is -2.03. The highest BCUT2D eigenvalue weighted by Crippen LogP contribution is 2.21. The lowest BCUT2D eigenvalue weighted by atomic mass is 10.0. The monoisotopic (exact) mass is 251 g/mol. The summed E-state index contributed by atoms with van der Waals surface area (Å²) >= 11 is 0. The van der Waals surface area contributed by atoms with Crippen molar-refractivity contribution in [2.45, 2.75) is 4.90 Å². The largest absolute Gasteiger partial charge is 0.250 e. The minimum atomic E-state index is -1.21. The number of fused-ring (bicyclic) bond motifs is 2. The van der Waals surface area contributed by atoms with Gasteiger partial charge in [-0.3, -0.25) is 0 Å². The van der Waals surface area contributed by atoms with Crippen LogP contribution in [0.2, 0.25) is 0 Å². The Morgan fingerprint density at radius 1 is 1.00 bits per heavy atom. The van der Waals surface area contributed by atoms with E-state index in [2.05, 4.69) is 6.07 Å². The van der Waals surface area contributed by atoms with Gasteiger partial charge in [0.2, 0.25) is 0 Å². The van der Waals surface area contributed by atoms with Crippen molar-refractivity contribution in [2.24, 2.45) is 0 Å². The van der Waals surface area contributed by atoms with Crippen LogP contribution < -0.4 is 10.4 Å². The van der Waals surface area contributed by atoms with Gasteiger partial charge in [0.1, 0.15) is 6.07 Å². The molecule has 0 saturated carbocycles. The van der Waals surface area contributed by atoms with Crippen LogP contribution in [0.25, 0.3) is 11.0 Å². The average molecular weight is 251 g/mol. The third-order valence-electron chi connectivity index (χ3n) is 2.95. The van der Waals surface area contributed by atoms with E-state index in [1.54, 1.807) is 5.41 Å². The molecule has 86 valence electrons. The zero-order valence-electron chi connectivity index (χ0n) is 9.46. The Morgan fingerprint density at radius 3 is 2.56 bits per heavy atom. The molecule has 0 radical (unpaired) electrons. The third-order valence-corrected chi connectivity index (χ3v) is 4.21. The molecule has 1 atom stereocenters. The van der Waals surface area contributed by atoms with Crippen molar-refractivity contribution < 1.29 is 4.21 Å². The lowest BCUT2D eigenvalue weighted by molar-refractivity contribution is 0.689. The molecule has 1 unspecified atom stereocenters. The molecule has 1 heterocycles. The molecule has 1 aliphatic rings. The van der Waals surface area contributed by atoms with E-state index in [0.717, 1.165) is 16.0 Å². The van der Waals surface area contributed by atoms with Crippen molar-refractivity contribution in [3.05, 3.63) is 64.5 Å². The third kappa shape index (κ3) is 1.59. The molecular formula is C15H9NOS. The van der Waals surface area contributed by atoms with Gasteiger partial charge in [0.05, 0.1) is 21.3 Å². The first-order valence-corrected chi connectivity index (χ1v) is 6.74. The van der Waals surface area contributed by atoms with Gasteiger partial charge in [-0.1, -0.05) is 42.5 Å². The van der Waals surface area contributed by atoms with Crippen LogP contribution >= 0.6 is 0 Å². The van der Waals surface area contributed by atoms with Crippen molar-refractivity contribution in [2.75, 3.05) is 0 Å². The van der Waals surface area contributed by atoms with E-state index in [0.29, 0.717) is 10.5 Å². The summed E-state index contributed by atoms with van der Waals surface area (Å²) in [7, 11) is -1.21. The Hall–Kier alpha value is -2.18. The number of benzene rings is 2. The average Bonchev–Trinajstić information content (AvgIpc) is 2.53. The van der Waals surface area contributed by atoms with Gasteiger partial charge in [-0.05, 0) is 11.3 Å². The zero-order valence-corrected chi connectivity index (χ0v) is 10.3. The molecule has 0 spiro atoms. The molecule has 0 saturated heterocycles. The molecule has 2 nitrogen and oxygen atoms in total. The van der Waals surface area contributed by atoms with Crippen molar-refractivity contribution >= 4 is 21.8 Å². The highest BCUT2D eigenvalue weighted by Gasteiger charge is 2.15. The second-order valence-electron chi connectivity index (χ2n) is 3.99. The maximum Gasteiger partial charge on any atom is 0.100 e. The summed E-state index contributed by atoms with van der Waals surface area (Å²) < 4.78 is 12.3. The summed E-state index contributed by atoms with van der Waals surface area (Å²) in [6.45, 7) is 0. The summed E-state index contributed by atoms with van der Waals surface area (Å²) in [5.41, 5.74) is 1.35. The summed E-state index contributed by atoms with van der Waals surface area (Å²) in [5, 5.41) is 12.8. The molecule has 18 heavy (non-hydrogen) atoms. The predicted octanol–water partition coefficient (Wildman–Crippen LogP) is 1.27. The number of rotatable bonds is 0. The molecule has 3 rings (SSSR count). The Balaban J connectivity index is 2.57. The second-order valence-corrected chi connectivity index (χ2v) is 5.26. The first-order valence-electron chi connectivity index (χ1n) is 5.52. The van der Waals surface area contributed by atoms with E-state index in [1.807, 2.05) is 48.5 Å². The molecule has 0 aromatic heterocycles. The number of hydrogen-bond acceptors (Lipinski definition) is 2. The fourth-order valence-corrected chi connectivity index (χ4v) is 3.28. The Morgan fingerprint density at radius 2 is 1.72 bits per heavy atom. The highest BCUT2D eigenvalue weighted by molar-refractivity contribution is 7.92. The van der Waals surface area contributed by atoms with Gasteiger partial charge in [-0.2, -0.15) is 5.26 Å². The number of hydrogen-bond donors (Lipinski definition) is 0. The van der Waals surface area contributed by atoms with Gasteiger partial charge in [0.25, 0.3) is 0 Å². The molecule has 0 amide bonds. The van der Waals surface area contributed by atoms with Crippen LogP contribution in [0.4, 0.5) is 0 Å². The zero-order chi connectivity index (χ0) is 12.5. The molecular weight excluding hydrogens is 242 g/mol. The van der Waals surface area contributed by atoms with Crippen LogP contribution in [0.5, 0.6) is 0 Å². The molecule has 0 bridgehead atoms. The van der Waals surface area contributed by atoms with E-state index < -0.39 is 10.8 Å². The lowest BCUT2D eigenvalue weighted by Crippen LogP contribution is -2.25. The van der Waals surface area contributed by atoms with E-state index in [4.69, 9.17) is 0 Å². The second kappa shape index (κ2) is 4.25. The summed E-state index contributed by atoms with van der Waals surface area (Å²) in [6.07, 6.45) is 0. The van der Waals surface area contributed by atoms with E-state index in [1.165, 1.54) is 0 Å². The fraction of sp³-hybridized carbons (Fsp3) is 0. The van der Waals surface area contributed by atoms with Gasteiger partial charge in [-0.25, -0.2) is 4.21 Å². The van der Waals surface area contributed by atoms with Crippen LogP contribution in [-0.4, -0.2) is 4.21 Å². The van der Waals surface area contributed by atoms with Gasteiger partial charge in [0, 0.05) is 16.2 Å². The van der Waals surface area contributed by atoms with E-state index in [-0.39, 0.29) is 0 Å². The minimum Gasteiger partial charge on any atom is -0.250 e. The SMILES string of the molecule is N#CC1=c2ccccc2=CS(=O)c2ccccc21. The summed E-state index contributed by atoms with van der Waals surface area (Å²) in [5.74, 6) is 0. The fourth-order valence-electron chi connectivity index (χ4n) is 2.12. The van der Waals surface area contributed by atoms with Crippen molar-refractivity contribution in [3.63, 3.8) is 0 Å².